The maximum atomic E-state index is 12.8. The van der Waals surface area contributed by atoms with E-state index in [1.165, 1.54) is 0 Å². The Balaban J connectivity index is 2.23. The van der Waals surface area contributed by atoms with Crippen LogP contribution < -0.4 is 0 Å². The average Bonchev–Trinajstić information content (AvgIpc) is 2.92. The molecule has 0 saturated carbocycles. The number of aromatic nitrogens is 3. The summed E-state index contributed by atoms with van der Waals surface area (Å²) in [6.07, 6.45) is 0. The molecule has 0 spiro atoms. The molecule has 136 valence electrons. The number of carbonyl (C=O) groups is 1. The first kappa shape index (κ1) is 19.6. The third-order valence-corrected chi connectivity index (χ3v) is 4.22. The van der Waals surface area contributed by atoms with Gasteiger partial charge in [-0.25, -0.2) is 0 Å². The summed E-state index contributed by atoms with van der Waals surface area (Å²) in [4.78, 5) is 14.6. The standard InChI is InChI=1S/C17H23ClN4O2S/c1-12(2)10-21(8-9-24-3)15(23)11-22-16(19-20-17(22)25)13-4-6-14(18)7-5-13/h4-7,12H,8-11H2,1-3H3,(H,20,25). The Labute approximate surface area is 157 Å². The van der Waals surface area contributed by atoms with Crippen molar-refractivity contribution in [1.29, 1.82) is 0 Å². The highest BCUT2D eigenvalue weighted by atomic mass is 35.5. The molecule has 1 aromatic heterocycles. The van der Waals surface area contributed by atoms with Gasteiger partial charge < -0.3 is 9.64 Å². The van der Waals surface area contributed by atoms with Crippen molar-refractivity contribution in [2.45, 2.75) is 20.4 Å². The number of hydrogen-bond acceptors (Lipinski definition) is 4. The van der Waals surface area contributed by atoms with Gasteiger partial charge in [0.15, 0.2) is 10.6 Å². The third-order valence-electron chi connectivity index (χ3n) is 3.66. The predicted molar refractivity (Wildman–Crippen MR) is 101 cm³/mol. The Morgan fingerprint density at radius 1 is 1.40 bits per heavy atom. The van der Waals surface area contributed by atoms with Crippen LogP contribution in [0.15, 0.2) is 24.3 Å². The van der Waals surface area contributed by atoms with Crippen molar-refractivity contribution in [3.05, 3.63) is 34.1 Å². The van der Waals surface area contributed by atoms with Crippen LogP contribution in [0, 0.1) is 10.7 Å². The van der Waals surface area contributed by atoms with Crippen LogP contribution in [0.5, 0.6) is 0 Å². The van der Waals surface area contributed by atoms with Gasteiger partial charge in [-0.3, -0.25) is 14.5 Å². The monoisotopic (exact) mass is 382 g/mol. The smallest absolute Gasteiger partial charge is 0.242 e. The molecule has 0 aliphatic heterocycles. The molecule has 25 heavy (non-hydrogen) atoms. The van der Waals surface area contributed by atoms with Gasteiger partial charge in [-0.1, -0.05) is 25.4 Å². The second-order valence-corrected chi connectivity index (χ2v) is 6.99. The van der Waals surface area contributed by atoms with E-state index in [9.17, 15) is 4.79 Å². The van der Waals surface area contributed by atoms with Crippen LogP contribution in [0.25, 0.3) is 11.4 Å². The SMILES string of the molecule is COCCN(CC(C)C)C(=O)Cn1c(-c2ccc(Cl)cc2)n[nH]c1=S. The lowest BCUT2D eigenvalue weighted by Gasteiger charge is -2.24. The van der Waals surface area contributed by atoms with E-state index in [1.807, 2.05) is 12.1 Å². The summed E-state index contributed by atoms with van der Waals surface area (Å²) in [7, 11) is 1.63. The van der Waals surface area contributed by atoms with Crippen molar-refractivity contribution < 1.29 is 9.53 Å². The van der Waals surface area contributed by atoms with Gasteiger partial charge in [0.2, 0.25) is 5.91 Å². The van der Waals surface area contributed by atoms with Crippen LogP contribution in [0.1, 0.15) is 13.8 Å². The van der Waals surface area contributed by atoms with Gasteiger partial charge >= 0.3 is 0 Å². The van der Waals surface area contributed by atoms with E-state index in [4.69, 9.17) is 28.6 Å². The minimum absolute atomic E-state index is 0.0153. The Morgan fingerprint density at radius 2 is 2.08 bits per heavy atom. The van der Waals surface area contributed by atoms with Gasteiger partial charge in [0.1, 0.15) is 6.54 Å². The van der Waals surface area contributed by atoms with Crippen LogP contribution in [0.4, 0.5) is 0 Å². The highest BCUT2D eigenvalue weighted by Gasteiger charge is 2.18. The molecule has 0 saturated heterocycles. The first-order valence-corrected chi connectivity index (χ1v) is 8.88. The minimum Gasteiger partial charge on any atom is -0.383 e. The van der Waals surface area contributed by atoms with Gasteiger partial charge in [0.05, 0.1) is 6.61 Å². The van der Waals surface area contributed by atoms with Crippen molar-refractivity contribution >= 4 is 29.7 Å². The number of rotatable bonds is 8. The summed E-state index contributed by atoms with van der Waals surface area (Å²) in [5.74, 6) is 0.971. The number of amides is 1. The summed E-state index contributed by atoms with van der Waals surface area (Å²) < 4.78 is 7.24. The van der Waals surface area contributed by atoms with Crippen LogP contribution >= 0.6 is 23.8 Å². The molecule has 2 aromatic rings. The van der Waals surface area contributed by atoms with E-state index in [0.717, 1.165) is 5.56 Å². The highest BCUT2D eigenvalue weighted by Crippen LogP contribution is 2.20. The fourth-order valence-electron chi connectivity index (χ4n) is 2.48. The number of H-pyrrole nitrogens is 1. The fourth-order valence-corrected chi connectivity index (χ4v) is 2.80. The number of benzene rings is 1. The van der Waals surface area contributed by atoms with Gasteiger partial charge in [0, 0.05) is 30.8 Å². The minimum atomic E-state index is -0.0153. The molecule has 1 heterocycles. The summed E-state index contributed by atoms with van der Waals surface area (Å²) in [5.41, 5.74) is 0.844. The quantitative estimate of drug-likeness (QED) is 0.711. The number of methoxy groups -OCH3 is 1. The van der Waals surface area contributed by atoms with Crippen molar-refractivity contribution in [3.63, 3.8) is 0 Å². The number of nitrogens with zero attached hydrogens (tertiary/aromatic N) is 3. The average molecular weight is 383 g/mol. The molecule has 0 bridgehead atoms. The van der Waals surface area contributed by atoms with Gasteiger partial charge in [0.25, 0.3) is 0 Å². The molecule has 6 nitrogen and oxygen atoms in total. The zero-order valence-corrected chi connectivity index (χ0v) is 16.2. The van der Waals surface area contributed by atoms with Crippen molar-refractivity contribution in [1.82, 2.24) is 19.7 Å². The van der Waals surface area contributed by atoms with Crippen LogP contribution in [-0.4, -0.2) is 52.4 Å². The van der Waals surface area contributed by atoms with Crippen LogP contribution in [0.2, 0.25) is 5.02 Å². The molecule has 1 amide bonds. The van der Waals surface area contributed by atoms with E-state index < -0.39 is 0 Å². The van der Waals surface area contributed by atoms with E-state index in [-0.39, 0.29) is 12.5 Å². The van der Waals surface area contributed by atoms with Gasteiger partial charge in [-0.15, -0.1) is 0 Å². The van der Waals surface area contributed by atoms with E-state index in [2.05, 4.69) is 24.0 Å². The Kier molecular flexibility index (Phi) is 7.16. The molecule has 0 radical (unpaired) electrons. The second-order valence-electron chi connectivity index (χ2n) is 6.17. The van der Waals surface area contributed by atoms with E-state index >= 15 is 0 Å². The normalized spacial score (nSPS) is 11.1. The van der Waals surface area contributed by atoms with Crippen molar-refractivity contribution in [3.8, 4) is 11.4 Å². The second kappa shape index (κ2) is 9.12. The fraction of sp³-hybridized carbons (Fsp3) is 0.471. The molecule has 0 atom stereocenters. The molecule has 0 aliphatic carbocycles. The zero-order valence-electron chi connectivity index (χ0n) is 14.7. The first-order valence-electron chi connectivity index (χ1n) is 8.10. The van der Waals surface area contributed by atoms with Crippen molar-refractivity contribution in [2.24, 2.45) is 5.92 Å². The highest BCUT2D eigenvalue weighted by molar-refractivity contribution is 7.71. The maximum absolute atomic E-state index is 12.8. The van der Waals surface area contributed by atoms with Crippen LogP contribution in [-0.2, 0) is 16.1 Å². The third kappa shape index (κ3) is 5.39. The molecule has 1 N–H and O–H groups in total. The molecule has 0 aliphatic rings. The number of carbonyl (C=O) groups excluding carboxylic acids is 1. The Morgan fingerprint density at radius 3 is 2.68 bits per heavy atom. The number of hydrogen-bond donors (Lipinski definition) is 1. The zero-order chi connectivity index (χ0) is 18.4. The topological polar surface area (TPSA) is 63.1 Å². The number of nitrogens with one attached hydrogen (secondary N) is 1. The molecular weight excluding hydrogens is 360 g/mol. The van der Waals surface area contributed by atoms with Gasteiger partial charge in [-0.05, 0) is 42.4 Å². The van der Waals surface area contributed by atoms with Gasteiger partial charge in [-0.2, -0.15) is 5.10 Å². The van der Waals surface area contributed by atoms with E-state index in [0.29, 0.717) is 41.2 Å². The predicted octanol–water partition coefficient (Wildman–Crippen LogP) is 3.39. The molecule has 2 rings (SSSR count). The Hall–Kier alpha value is -1.70. The van der Waals surface area contributed by atoms with Crippen LogP contribution in [0.3, 0.4) is 0 Å². The molecule has 8 heteroatoms. The Bertz CT molecular complexity index is 755. The molecular formula is C17H23ClN4O2S. The largest absolute Gasteiger partial charge is 0.383 e. The summed E-state index contributed by atoms with van der Waals surface area (Å²) >= 11 is 11.2. The lowest BCUT2D eigenvalue weighted by Crippen LogP contribution is -2.38. The molecule has 0 fully saturated rings. The number of halogens is 1. The molecule has 1 aromatic carbocycles. The summed E-state index contributed by atoms with van der Waals surface area (Å²) in [5, 5.41) is 7.67. The lowest BCUT2D eigenvalue weighted by molar-refractivity contribution is -0.133. The summed E-state index contributed by atoms with van der Waals surface area (Å²) in [6, 6.07) is 7.27. The van der Waals surface area contributed by atoms with E-state index in [1.54, 1.807) is 28.7 Å². The number of ether oxygens (including phenoxy) is 1. The lowest BCUT2D eigenvalue weighted by atomic mass is 10.2. The maximum Gasteiger partial charge on any atom is 0.242 e. The molecule has 0 unspecified atom stereocenters. The summed E-state index contributed by atoms with van der Waals surface area (Å²) in [6.45, 7) is 6.01. The first-order chi connectivity index (χ1) is 11.9. The van der Waals surface area contributed by atoms with Crippen molar-refractivity contribution in [2.75, 3.05) is 26.8 Å². The number of aromatic amines is 1.